The minimum atomic E-state index is -3.44. The van der Waals surface area contributed by atoms with Gasteiger partial charge in [0.25, 0.3) is 10.0 Å². The lowest BCUT2D eigenvalue weighted by molar-refractivity contribution is 0.344. The normalized spacial score (nSPS) is 30.1. The number of halogens is 1. The van der Waals surface area contributed by atoms with E-state index in [0.29, 0.717) is 12.1 Å². The number of nitrogens with one attached hydrogen (secondary N) is 2. The summed E-state index contributed by atoms with van der Waals surface area (Å²) in [6.07, 6.45) is 5.59. The zero-order chi connectivity index (χ0) is 12.8. The van der Waals surface area contributed by atoms with Crippen molar-refractivity contribution in [3.05, 3.63) is 12.3 Å². The third-order valence-corrected chi connectivity index (χ3v) is 5.44. The average molecular weight is 307 g/mol. The minimum absolute atomic E-state index is 0. The summed E-state index contributed by atoms with van der Waals surface area (Å²) in [4.78, 5) is 0. The monoisotopic (exact) mass is 306 g/mol. The lowest BCUT2D eigenvalue weighted by Gasteiger charge is -2.29. The van der Waals surface area contributed by atoms with Crippen LogP contribution in [0.2, 0.25) is 0 Å². The lowest BCUT2D eigenvalue weighted by atomic mass is 10.0. The summed E-state index contributed by atoms with van der Waals surface area (Å²) in [5.41, 5.74) is 0. The molecule has 0 aromatic carbocycles. The maximum absolute atomic E-state index is 12.2. The molecule has 2 atom stereocenters. The largest absolute Gasteiger partial charge is 0.311 e. The molecular weight excluding hydrogens is 288 g/mol. The van der Waals surface area contributed by atoms with E-state index in [1.54, 1.807) is 7.05 Å². The number of hydrogen-bond donors (Lipinski definition) is 2. The molecule has 0 amide bonds. The van der Waals surface area contributed by atoms with Gasteiger partial charge in [0.15, 0.2) is 5.03 Å². The number of sulfonamides is 1. The average Bonchev–Trinajstić information content (AvgIpc) is 2.85. The summed E-state index contributed by atoms with van der Waals surface area (Å²) < 4.78 is 28.6. The van der Waals surface area contributed by atoms with E-state index in [2.05, 4.69) is 15.1 Å². The second-order valence-corrected chi connectivity index (χ2v) is 6.88. The summed E-state index contributed by atoms with van der Waals surface area (Å²) in [6.45, 7) is 0. The maximum atomic E-state index is 12.2. The first kappa shape index (κ1) is 14.8. The van der Waals surface area contributed by atoms with Gasteiger partial charge in [-0.15, -0.1) is 12.4 Å². The highest BCUT2D eigenvalue weighted by Gasteiger charge is 2.35. The van der Waals surface area contributed by atoms with Crippen molar-refractivity contribution in [1.29, 1.82) is 0 Å². The first-order valence-electron chi connectivity index (χ1n) is 6.31. The Morgan fingerprint density at radius 2 is 2.00 bits per heavy atom. The fourth-order valence-electron chi connectivity index (χ4n) is 3.06. The smallest absolute Gasteiger partial charge is 0.257 e. The predicted molar refractivity (Wildman–Crippen MR) is 73.7 cm³/mol. The molecule has 2 aliphatic heterocycles. The van der Waals surface area contributed by atoms with E-state index in [1.807, 2.05) is 0 Å². The minimum Gasteiger partial charge on any atom is -0.311 e. The molecule has 2 bridgehead atoms. The molecule has 1 aromatic rings. The van der Waals surface area contributed by atoms with Gasteiger partial charge < -0.3 is 5.32 Å². The van der Waals surface area contributed by atoms with E-state index < -0.39 is 10.0 Å². The molecule has 0 spiro atoms. The Bertz CT molecular complexity index is 533. The molecule has 0 radical (unpaired) electrons. The fourth-order valence-corrected chi connectivity index (χ4v) is 4.45. The van der Waals surface area contributed by atoms with Gasteiger partial charge in [-0.05, 0) is 31.7 Å². The van der Waals surface area contributed by atoms with Crippen LogP contribution in [-0.2, 0) is 17.1 Å². The van der Waals surface area contributed by atoms with E-state index >= 15 is 0 Å². The Morgan fingerprint density at radius 3 is 2.53 bits per heavy atom. The number of piperidine rings is 1. The molecule has 2 saturated heterocycles. The molecule has 0 aliphatic carbocycles. The molecule has 0 saturated carbocycles. The predicted octanol–water partition coefficient (Wildman–Crippen LogP) is 0.403. The second-order valence-electron chi connectivity index (χ2n) is 5.22. The van der Waals surface area contributed by atoms with Crippen molar-refractivity contribution in [2.75, 3.05) is 0 Å². The van der Waals surface area contributed by atoms with Crippen LogP contribution in [0.25, 0.3) is 0 Å². The maximum Gasteiger partial charge on any atom is 0.257 e. The Hall–Kier alpha value is -0.630. The van der Waals surface area contributed by atoms with Crippen LogP contribution in [0.3, 0.4) is 0 Å². The van der Waals surface area contributed by atoms with E-state index in [-0.39, 0.29) is 23.5 Å². The SMILES string of the molecule is Cl.Cn1nccc1S(=O)(=O)NC1CC2CCC(C1)N2. The Labute approximate surface area is 119 Å². The zero-order valence-corrected chi connectivity index (χ0v) is 12.4. The highest BCUT2D eigenvalue weighted by molar-refractivity contribution is 7.89. The van der Waals surface area contributed by atoms with Gasteiger partial charge in [-0.1, -0.05) is 0 Å². The van der Waals surface area contributed by atoms with Gasteiger partial charge >= 0.3 is 0 Å². The molecule has 8 heteroatoms. The van der Waals surface area contributed by atoms with Crippen LogP contribution >= 0.6 is 12.4 Å². The van der Waals surface area contributed by atoms with Crippen molar-refractivity contribution >= 4 is 22.4 Å². The summed E-state index contributed by atoms with van der Waals surface area (Å²) >= 11 is 0. The molecule has 1 aromatic heterocycles. The topological polar surface area (TPSA) is 76.0 Å². The van der Waals surface area contributed by atoms with Crippen molar-refractivity contribution < 1.29 is 8.42 Å². The number of fused-ring (bicyclic) bond motifs is 2. The quantitative estimate of drug-likeness (QED) is 0.848. The van der Waals surface area contributed by atoms with E-state index in [1.165, 1.54) is 16.9 Å². The lowest BCUT2D eigenvalue weighted by Crippen LogP contribution is -2.48. The van der Waals surface area contributed by atoms with Gasteiger partial charge in [0.1, 0.15) is 0 Å². The summed E-state index contributed by atoms with van der Waals surface area (Å²) in [6, 6.07) is 2.52. The van der Waals surface area contributed by atoms with Crippen LogP contribution in [0.4, 0.5) is 0 Å². The summed E-state index contributed by atoms with van der Waals surface area (Å²) in [7, 11) is -1.80. The number of aromatic nitrogens is 2. The molecule has 3 rings (SSSR count). The Kier molecular flexibility index (Phi) is 4.20. The highest BCUT2D eigenvalue weighted by Crippen LogP contribution is 2.27. The van der Waals surface area contributed by atoms with Crippen LogP contribution < -0.4 is 10.0 Å². The van der Waals surface area contributed by atoms with Gasteiger partial charge in [-0.2, -0.15) is 5.10 Å². The number of nitrogens with zero attached hydrogens (tertiary/aromatic N) is 2. The fraction of sp³-hybridized carbons (Fsp3) is 0.727. The van der Waals surface area contributed by atoms with Crippen LogP contribution in [0.1, 0.15) is 25.7 Å². The van der Waals surface area contributed by atoms with Gasteiger partial charge in [0, 0.05) is 25.2 Å². The van der Waals surface area contributed by atoms with Crippen LogP contribution in [0.15, 0.2) is 17.3 Å². The van der Waals surface area contributed by atoms with Crippen LogP contribution in [0, 0.1) is 0 Å². The third-order valence-electron chi connectivity index (χ3n) is 3.85. The molecule has 3 heterocycles. The van der Waals surface area contributed by atoms with E-state index in [0.717, 1.165) is 25.7 Å². The Morgan fingerprint density at radius 1 is 1.37 bits per heavy atom. The second kappa shape index (κ2) is 5.40. The molecule has 108 valence electrons. The van der Waals surface area contributed by atoms with Gasteiger partial charge in [-0.25, -0.2) is 13.1 Å². The first-order valence-corrected chi connectivity index (χ1v) is 7.79. The summed E-state index contributed by atoms with van der Waals surface area (Å²) in [5.74, 6) is 0. The number of rotatable bonds is 3. The van der Waals surface area contributed by atoms with E-state index in [4.69, 9.17) is 0 Å². The molecule has 6 nitrogen and oxygen atoms in total. The van der Waals surface area contributed by atoms with E-state index in [9.17, 15) is 8.42 Å². The zero-order valence-electron chi connectivity index (χ0n) is 10.7. The Balaban J connectivity index is 0.00000133. The van der Waals surface area contributed by atoms with Crippen LogP contribution in [-0.4, -0.2) is 36.3 Å². The van der Waals surface area contributed by atoms with Crippen molar-refractivity contribution in [3.8, 4) is 0 Å². The number of hydrogen-bond acceptors (Lipinski definition) is 4. The standard InChI is InChI=1S/C11H18N4O2S.ClH/c1-15-11(4-5-12-15)18(16,17)14-10-6-8-2-3-9(7-10)13-8;/h4-5,8-10,13-14H,2-3,6-7H2,1H3;1H. The third kappa shape index (κ3) is 2.94. The molecular formula is C11H19ClN4O2S. The van der Waals surface area contributed by atoms with Crippen LogP contribution in [0.5, 0.6) is 0 Å². The number of aryl methyl sites for hydroxylation is 1. The van der Waals surface area contributed by atoms with Gasteiger partial charge in [0.05, 0.1) is 6.20 Å². The summed E-state index contributed by atoms with van der Waals surface area (Å²) in [5, 5.41) is 7.63. The van der Waals surface area contributed by atoms with Gasteiger partial charge in [0.2, 0.25) is 0 Å². The molecule has 2 unspecified atom stereocenters. The highest BCUT2D eigenvalue weighted by atomic mass is 35.5. The first-order chi connectivity index (χ1) is 8.54. The van der Waals surface area contributed by atoms with Crippen molar-refractivity contribution in [3.63, 3.8) is 0 Å². The van der Waals surface area contributed by atoms with Crippen molar-refractivity contribution in [2.45, 2.75) is 48.8 Å². The van der Waals surface area contributed by atoms with Crippen molar-refractivity contribution in [2.24, 2.45) is 7.05 Å². The van der Waals surface area contributed by atoms with Crippen molar-refractivity contribution in [1.82, 2.24) is 19.8 Å². The molecule has 2 N–H and O–H groups in total. The molecule has 19 heavy (non-hydrogen) atoms. The van der Waals surface area contributed by atoms with Gasteiger partial charge in [-0.3, -0.25) is 4.68 Å². The molecule has 2 fully saturated rings. The molecule has 2 aliphatic rings.